The first-order valence-corrected chi connectivity index (χ1v) is 4.98. The van der Waals surface area contributed by atoms with Crippen molar-refractivity contribution >= 4 is 11.8 Å². The molecule has 68 valence electrons. The average Bonchev–Trinajstić information content (AvgIpc) is 2.53. The lowest BCUT2D eigenvalue weighted by Gasteiger charge is -2.07. The lowest BCUT2D eigenvalue weighted by atomic mass is 10.2. The van der Waals surface area contributed by atoms with Crippen LogP contribution in [0.3, 0.4) is 0 Å². The predicted molar refractivity (Wildman–Crippen MR) is 50.3 cm³/mol. The minimum absolute atomic E-state index is 0.645. The van der Waals surface area contributed by atoms with Gasteiger partial charge in [0.2, 0.25) is 0 Å². The van der Waals surface area contributed by atoms with Crippen LogP contribution in [0.5, 0.6) is 0 Å². The molecule has 1 heterocycles. The van der Waals surface area contributed by atoms with Gasteiger partial charge < -0.3 is 9.73 Å². The molecular formula is C8H14N2OS. The summed E-state index contributed by atoms with van der Waals surface area (Å²) >= 11 is 1.66. The quantitative estimate of drug-likeness (QED) is 0.709. The number of aromatic nitrogens is 1. The topological polar surface area (TPSA) is 38.1 Å². The Kier molecular flexibility index (Phi) is 4.18. The Labute approximate surface area is 76.9 Å². The predicted octanol–water partition coefficient (Wildman–Crippen LogP) is 1.62. The summed E-state index contributed by atoms with van der Waals surface area (Å²) in [7, 11) is 1.96. The molecular weight excluding hydrogens is 172 g/mol. The van der Waals surface area contributed by atoms with Gasteiger partial charge in [0.05, 0.1) is 6.20 Å². The highest BCUT2D eigenvalue weighted by Crippen LogP contribution is 2.17. The maximum atomic E-state index is 5.09. The van der Waals surface area contributed by atoms with E-state index in [1.54, 1.807) is 24.2 Å². The molecule has 0 amide bonds. The SMILES string of the molecule is CNCC(C)CSc1ncco1. The van der Waals surface area contributed by atoms with E-state index in [1.807, 2.05) is 7.05 Å². The van der Waals surface area contributed by atoms with Crippen molar-refractivity contribution in [1.82, 2.24) is 10.3 Å². The molecule has 0 spiro atoms. The monoisotopic (exact) mass is 186 g/mol. The van der Waals surface area contributed by atoms with Crippen LogP contribution in [0.1, 0.15) is 6.92 Å². The summed E-state index contributed by atoms with van der Waals surface area (Å²) < 4.78 is 5.09. The Hall–Kier alpha value is -0.480. The molecule has 1 rings (SSSR count). The zero-order chi connectivity index (χ0) is 8.81. The second-order valence-corrected chi connectivity index (χ2v) is 3.74. The van der Waals surface area contributed by atoms with Gasteiger partial charge in [0.1, 0.15) is 6.26 Å². The molecule has 0 radical (unpaired) electrons. The smallest absolute Gasteiger partial charge is 0.255 e. The largest absolute Gasteiger partial charge is 0.440 e. The molecule has 0 aliphatic heterocycles. The molecule has 1 aromatic rings. The Morgan fingerprint density at radius 1 is 1.75 bits per heavy atom. The first-order valence-electron chi connectivity index (χ1n) is 4.00. The number of nitrogens with zero attached hydrogens (tertiary/aromatic N) is 1. The molecule has 0 saturated heterocycles. The fourth-order valence-electron chi connectivity index (χ4n) is 0.903. The van der Waals surface area contributed by atoms with Gasteiger partial charge in [-0.2, -0.15) is 0 Å². The Morgan fingerprint density at radius 3 is 3.17 bits per heavy atom. The van der Waals surface area contributed by atoms with Crippen molar-refractivity contribution in [2.45, 2.75) is 12.1 Å². The van der Waals surface area contributed by atoms with E-state index >= 15 is 0 Å². The average molecular weight is 186 g/mol. The second kappa shape index (κ2) is 5.22. The zero-order valence-electron chi connectivity index (χ0n) is 7.41. The van der Waals surface area contributed by atoms with Crippen LogP contribution in [0.25, 0.3) is 0 Å². The van der Waals surface area contributed by atoms with Crippen LogP contribution in [0.2, 0.25) is 0 Å². The van der Waals surface area contributed by atoms with Gasteiger partial charge >= 0.3 is 0 Å². The Balaban J connectivity index is 2.17. The standard InChI is InChI=1S/C8H14N2OS/c1-7(5-9-2)6-12-8-10-3-4-11-8/h3-4,7,9H,5-6H2,1-2H3. The molecule has 12 heavy (non-hydrogen) atoms. The van der Waals surface area contributed by atoms with Crippen LogP contribution < -0.4 is 5.32 Å². The van der Waals surface area contributed by atoms with Crippen molar-refractivity contribution in [3.05, 3.63) is 12.5 Å². The molecule has 0 fully saturated rings. The third kappa shape index (κ3) is 3.28. The van der Waals surface area contributed by atoms with Crippen LogP contribution in [-0.2, 0) is 0 Å². The van der Waals surface area contributed by atoms with Gasteiger partial charge in [0.15, 0.2) is 0 Å². The van der Waals surface area contributed by atoms with E-state index in [0.29, 0.717) is 5.92 Å². The molecule has 1 aromatic heterocycles. The van der Waals surface area contributed by atoms with Crippen LogP contribution in [-0.4, -0.2) is 24.3 Å². The Bertz CT molecular complexity index is 201. The number of oxazole rings is 1. The van der Waals surface area contributed by atoms with Crippen molar-refractivity contribution in [3.63, 3.8) is 0 Å². The summed E-state index contributed by atoms with van der Waals surface area (Å²) in [5, 5.41) is 3.90. The van der Waals surface area contributed by atoms with E-state index in [0.717, 1.165) is 17.5 Å². The fourth-order valence-corrected chi connectivity index (χ4v) is 1.71. The minimum atomic E-state index is 0.645. The number of nitrogens with one attached hydrogen (secondary N) is 1. The lowest BCUT2D eigenvalue weighted by Crippen LogP contribution is -2.17. The summed E-state index contributed by atoms with van der Waals surface area (Å²) in [6.07, 6.45) is 3.27. The third-order valence-corrected chi connectivity index (χ3v) is 2.64. The van der Waals surface area contributed by atoms with Gasteiger partial charge in [-0.05, 0) is 19.5 Å². The summed E-state index contributed by atoms with van der Waals surface area (Å²) in [5.74, 6) is 1.69. The van der Waals surface area contributed by atoms with Crippen LogP contribution in [0.4, 0.5) is 0 Å². The molecule has 0 saturated carbocycles. The van der Waals surface area contributed by atoms with Gasteiger partial charge in [0.25, 0.3) is 5.22 Å². The van der Waals surface area contributed by atoms with Crippen LogP contribution in [0, 0.1) is 5.92 Å². The molecule has 1 N–H and O–H groups in total. The van der Waals surface area contributed by atoms with Crippen molar-refractivity contribution in [1.29, 1.82) is 0 Å². The molecule has 4 heteroatoms. The van der Waals surface area contributed by atoms with Gasteiger partial charge in [-0.25, -0.2) is 4.98 Å². The molecule has 0 bridgehead atoms. The van der Waals surface area contributed by atoms with Gasteiger partial charge in [-0.3, -0.25) is 0 Å². The van der Waals surface area contributed by atoms with Crippen LogP contribution >= 0.6 is 11.8 Å². The highest BCUT2D eigenvalue weighted by molar-refractivity contribution is 7.99. The molecule has 3 nitrogen and oxygen atoms in total. The van der Waals surface area contributed by atoms with Crippen molar-refractivity contribution in [3.8, 4) is 0 Å². The summed E-state index contributed by atoms with van der Waals surface area (Å²) in [4.78, 5) is 4.02. The van der Waals surface area contributed by atoms with E-state index in [2.05, 4.69) is 17.2 Å². The maximum absolute atomic E-state index is 5.09. The van der Waals surface area contributed by atoms with Crippen molar-refractivity contribution in [2.24, 2.45) is 5.92 Å². The van der Waals surface area contributed by atoms with E-state index in [-0.39, 0.29) is 0 Å². The molecule has 1 unspecified atom stereocenters. The molecule has 0 aromatic carbocycles. The highest BCUT2D eigenvalue weighted by Gasteiger charge is 2.03. The molecule has 1 atom stereocenters. The summed E-state index contributed by atoms with van der Waals surface area (Å²) in [6, 6.07) is 0. The number of hydrogen-bond acceptors (Lipinski definition) is 4. The fraction of sp³-hybridized carbons (Fsp3) is 0.625. The minimum Gasteiger partial charge on any atom is -0.440 e. The van der Waals surface area contributed by atoms with Crippen molar-refractivity contribution < 1.29 is 4.42 Å². The summed E-state index contributed by atoms with van der Waals surface area (Å²) in [6.45, 7) is 3.24. The number of thioether (sulfide) groups is 1. The Morgan fingerprint density at radius 2 is 2.58 bits per heavy atom. The van der Waals surface area contributed by atoms with E-state index in [9.17, 15) is 0 Å². The highest BCUT2D eigenvalue weighted by atomic mass is 32.2. The van der Waals surface area contributed by atoms with Gasteiger partial charge in [-0.15, -0.1) is 0 Å². The third-order valence-electron chi connectivity index (χ3n) is 1.45. The molecule has 0 aliphatic carbocycles. The number of hydrogen-bond donors (Lipinski definition) is 1. The van der Waals surface area contributed by atoms with Crippen molar-refractivity contribution in [2.75, 3.05) is 19.3 Å². The van der Waals surface area contributed by atoms with Gasteiger partial charge in [-0.1, -0.05) is 18.7 Å². The van der Waals surface area contributed by atoms with E-state index in [1.165, 1.54) is 0 Å². The normalized spacial score (nSPS) is 13.2. The second-order valence-electron chi connectivity index (χ2n) is 2.77. The van der Waals surface area contributed by atoms with Crippen LogP contribution in [0.15, 0.2) is 22.1 Å². The number of rotatable bonds is 5. The van der Waals surface area contributed by atoms with E-state index < -0.39 is 0 Å². The summed E-state index contributed by atoms with van der Waals surface area (Å²) in [5.41, 5.74) is 0. The molecule has 0 aliphatic rings. The first kappa shape index (κ1) is 9.61. The zero-order valence-corrected chi connectivity index (χ0v) is 8.23. The first-order chi connectivity index (χ1) is 5.83. The lowest BCUT2D eigenvalue weighted by molar-refractivity contribution is 0.453. The maximum Gasteiger partial charge on any atom is 0.255 e. The van der Waals surface area contributed by atoms with Gasteiger partial charge in [0, 0.05) is 5.75 Å². The van der Waals surface area contributed by atoms with E-state index in [4.69, 9.17) is 4.42 Å².